The van der Waals surface area contributed by atoms with Gasteiger partial charge in [0.15, 0.2) is 5.13 Å². The van der Waals surface area contributed by atoms with Gasteiger partial charge in [0.25, 0.3) is 0 Å². The fourth-order valence-electron chi connectivity index (χ4n) is 3.32. The molecule has 6 nitrogen and oxygen atoms in total. The Balaban J connectivity index is 1.66. The average molecular weight is 453 g/mol. The van der Waals surface area contributed by atoms with Crippen LogP contribution in [0, 0.1) is 0 Å². The minimum Gasteiger partial charge on any atom is -0.494 e. The number of ether oxygens (including phenoxy) is 1. The molecule has 1 N–H and O–H groups in total. The van der Waals surface area contributed by atoms with Crippen LogP contribution >= 0.6 is 11.3 Å². The Morgan fingerprint density at radius 2 is 1.84 bits per heavy atom. The molecule has 0 spiro atoms. The summed E-state index contributed by atoms with van der Waals surface area (Å²) < 4.78 is 5.88. The Labute approximate surface area is 194 Å². The van der Waals surface area contributed by atoms with Crippen LogP contribution in [-0.4, -0.2) is 29.2 Å². The number of urea groups is 1. The number of pyridine rings is 1. The molecular weight excluding hydrogens is 420 g/mol. The summed E-state index contributed by atoms with van der Waals surface area (Å²) in [5, 5.41) is 5.43. The first kappa shape index (κ1) is 23.7. The van der Waals surface area contributed by atoms with Gasteiger partial charge in [-0.05, 0) is 49.7 Å². The number of benzene rings is 1. The monoisotopic (exact) mass is 452 g/mol. The number of rotatable bonds is 12. The first-order chi connectivity index (χ1) is 15.7. The lowest BCUT2D eigenvalue weighted by Crippen LogP contribution is -2.36. The Kier molecular flexibility index (Phi) is 9.50. The van der Waals surface area contributed by atoms with Gasteiger partial charge in [0.1, 0.15) is 5.75 Å². The maximum atomic E-state index is 12.8. The Morgan fingerprint density at radius 1 is 1.06 bits per heavy atom. The van der Waals surface area contributed by atoms with E-state index in [1.807, 2.05) is 48.7 Å². The van der Waals surface area contributed by atoms with E-state index in [0.29, 0.717) is 18.3 Å². The van der Waals surface area contributed by atoms with Gasteiger partial charge in [-0.15, -0.1) is 11.3 Å². The number of hydrogen-bond donors (Lipinski definition) is 1. The van der Waals surface area contributed by atoms with Gasteiger partial charge in [-0.2, -0.15) is 0 Å². The second-order valence-electron chi connectivity index (χ2n) is 7.54. The average Bonchev–Trinajstić information content (AvgIpc) is 3.30. The molecule has 0 atom stereocenters. The summed E-state index contributed by atoms with van der Waals surface area (Å²) in [6, 6.07) is 11.2. The molecule has 3 aromatic rings. The lowest BCUT2D eigenvalue weighted by Gasteiger charge is -2.20. The van der Waals surface area contributed by atoms with Crippen LogP contribution in [0.4, 0.5) is 15.6 Å². The van der Waals surface area contributed by atoms with Gasteiger partial charge in [0.05, 0.1) is 18.0 Å². The number of anilines is 2. The lowest BCUT2D eigenvalue weighted by atomic mass is 10.1. The Morgan fingerprint density at radius 3 is 2.56 bits per heavy atom. The molecule has 2 heterocycles. The molecule has 3 rings (SSSR count). The van der Waals surface area contributed by atoms with E-state index in [1.54, 1.807) is 17.3 Å². The van der Waals surface area contributed by atoms with Crippen molar-refractivity contribution in [3.05, 3.63) is 54.2 Å². The highest BCUT2D eigenvalue weighted by Crippen LogP contribution is 2.33. The second-order valence-corrected chi connectivity index (χ2v) is 8.37. The van der Waals surface area contributed by atoms with Crippen molar-refractivity contribution < 1.29 is 9.53 Å². The minimum atomic E-state index is -0.208. The molecule has 0 radical (unpaired) electrons. The van der Waals surface area contributed by atoms with Crippen LogP contribution < -0.4 is 15.0 Å². The zero-order chi connectivity index (χ0) is 22.6. The third-order valence-electron chi connectivity index (χ3n) is 5.03. The van der Waals surface area contributed by atoms with Crippen molar-refractivity contribution >= 4 is 28.2 Å². The standard InChI is InChI=1S/C25H32N4O2S/c1-3-5-6-7-8-9-17-31-22-14-12-21(13-15-22)29(24(30)27-4-2)25-28-23(19-32-25)20-11-10-16-26-18-20/h10-16,18-19H,3-9,17H2,1-2H3,(H,27,30). The number of aromatic nitrogens is 2. The van der Waals surface area contributed by atoms with Gasteiger partial charge in [-0.1, -0.05) is 39.0 Å². The maximum Gasteiger partial charge on any atom is 0.328 e. The summed E-state index contributed by atoms with van der Waals surface area (Å²) in [4.78, 5) is 23.3. The second kappa shape index (κ2) is 12.8. The molecule has 170 valence electrons. The molecule has 1 aromatic carbocycles. The Bertz CT molecular complexity index is 944. The van der Waals surface area contributed by atoms with Crippen LogP contribution in [-0.2, 0) is 0 Å². The smallest absolute Gasteiger partial charge is 0.328 e. The molecular formula is C25H32N4O2S. The minimum absolute atomic E-state index is 0.208. The molecule has 0 aliphatic carbocycles. The zero-order valence-corrected chi connectivity index (χ0v) is 19.7. The van der Waals surface area contributed by atoms with Gasteiger partial charge >= 0.3 is 6.03 Å². The van der Waals surface area contributed by atoms with Crippen molar-refractivity contribution in [2.75, 3.05) is 18.1 Å². The van der Waals surface area contributed by atoms with Crippen molar-refractivity contribution in [2.24, 2.45) is 0 Å². The van der Waals surface area contributed by atoms with Crippen molar-refractivity contribution in [3.63, 3.8) is 0 Å². The molecule has 0 saturated carbocycles. The first-order valence-corrected chi connectivity index (χ1v) is 12.3. The predicted octanol–water partition coefficient (Wildman–Crippen LogP) is 6.81. The van der Waals surface area contributed by atoms with E-state index >= 15 is 0 Å². The van der Waals surface area contributed by atoms with Gasteiger partial charge in [0, 0.05) is 29.9 Å². The molecule has 7 heteroatoms. The lowest BCUT2D eigenvalue weighted by molar-refractivity contribution is 0.249. The van der Waals surface area contributed by atoms with Crippen molar-refractivity contribution in [2.45, 2.75) is 52.4 Å². The van der Waals surface area contributed by atoms with E-state index in [4.69, 9.17) is 4.74 Å². The van der Waals surface area contributed by atoms with Gasteiger partial charge in [-0.3, -0.25) is 4.98 Å². The molecule has 2 aromatic heterocycles. The number of carbonyl (C=O) groups excluding carboxylic acids is 1. The fraction of sp³-hybridized carbons (Fsp3) is 0.400. The van der Waals surface area contributed by atoms with Crippen molar-refractivity contribution in [1.82, 2.24) is 15.3 Å². The Hall–Kier alpha value is -2.93. The van der Waals surface area contributed by atoms with Gasteiger partial charge in [0.2, 0.25) is 0 Å². The molecule has 0 aliphatic rings. The van der Waals surface area contributed by atoms with Crippen LogP contribution in [0.15, 0.2) is 54.2 Å². The third-order valence-corrected chi connectivity index (χ3v) is 5.86. The molecule has 0 saturated heterocycles. The fourth-order valence-corrected chi connectivity index (χ4v) is 4.17. The molecule has 0 unspecified atom stereocenters. The highest BCUT2D eigenvalue weighted by atomic mass is 32.1. The molecule has 0 bridgehead atoms. The van der Waals surface area contributed by atoms with Gasteiger partial charge < -0.3 is 10.1 Å². The molecule has 0 fully saturated rings. The summed E-state index contributed by atoms with van der Waals surface area (Å²) in [7, 11) is 0. The largest absolute Gasteiger partial charge is 0.494 e. The van der Waals surface area contributed by atoms with E-state index < -0.39 is 0 Å². The van der Waals surface area contributed by atoms with E-state index in [-0.39, 0.29) is 6.03 Å². The highest BCUT2D eigenvalue weighted by molar-refractivity contribution is 7.14. The third kappa shape index (κ3) is 6.79. The predicted molar refractivity (Wildman–Crippen MR) is 132 cm³/mol. The summed E-state index contributed by atoms with van der Waals surface area (Å²) >= 11 is 1.43. The number of unbranched alkanes of at least 4 members (excludes halogenated alkanes) is 5. The van der Waals surface area contributed by atoms with Crippen LogP contribution in [0.25, 0.3) is 11.3 Å². The van der Waals surface area contributed by atoms with Crippen molar-refractivity contribution in [3.8, 4) is 17.0 Å². The summed E-state index contributed by atoms with van der Waals surface area (Å²) in [5.74, 6) is 0.813. The number of nitrogens with one attached hydrogen (secondary N) is 1. The first-order valence-electron chi connectivity index (χ1n) is 11.4. The topological polar surface area (TPSA) is 67.3 Å². The number of carbonyl (C=O) groups is 1. The maximum absolute atomic E-state index is 12.8. The number of thiazole rings is 1. The van der Waals surface area contributed by atoms with Gasteiger partial charge in [-0.25, -0.2) is 14.7 Å². The van der Waals surface area contributed by atoms with E-state index in [0.717, 1.165) is 29.1 Å². The van der Waals surface area contributed by atoms with Crippen LogP contribution in [0.1, 0.15) is 52.4 Å². The summed E-state index contributed by atoms with van der Waals surface area (Å²) in [5.41, 5.74) is 2.46. The van der Waals surface area contributed by atoms with E-state index in [9.17, 15) is 4.79 Å². The number of hydrogen-bond acceptors (Lipinski definition) is 5. The molecule has 0 aliphatic heterocycles. The number of nitrogens with zero attached hydrogens (tertiary/aromatic N) is 3. The zero-order valence-electron chi connectivity index (χ0n) is 18.9. The SMILES string of the molecule is CCCCCCCCOc1ccc(N(C(=O)NCC)c2nc(-c3cccnc3)cs2)cc1. The quantitative estimate of drug-likeness (QED) is 0.306. The van der Waals surface area contributed by atoms with E-state index in [2.05, 4.69) is 22.2 Å². The van der Waals surface area contributed by atoms with Crippen LogP contribution in [0.3, 0.4) is 0 Å². The number of amides is 2. The van der Waals surface area contributed by atoms with Crippen molar-refractivity contribution in [1.29, 1.82) is 0 Å². The highest BCUT2D eigenvalue weighted by Gasteiger charge is 2.21. The molecule has 2 amide bonds. The normalized spacial score (nSPS) is 10.7. The van der Waals surface area contributed by atoms with E-state index in [1.165, 1.54) is 43.4 Å². The van der Waals surface area contributed by atoms with Crippen LogP contribution in [0.2, 0.25) is 0 Å². The van der Waals surface area contributed by atoms with Crippen LogP contribution in [0.5, 0.6) is 5.75 Å². The summed E-state index contributed by atoms with van der Waals surface area (Å²) in [6.45, 7) is 5.38. The molecule has 32 heavy (non-hydrogen) atoms. The summed E-state index contributed by atoms with van der Waals surface area (Å²) in [6.07, 6.45) is 10.9.